The summed E-state index contributed by atoms with van der Waals surface area (Å²) in [6.07, 6.45) is 0. The molecule has 0 N–H and O–H groups in total. The average Bonchev–Trinajstić information content (AvgIpc) is 1.02. The summed E-state index contributed by atoms with van der Waals surface area (Å²) >= 11 is 0. The molecule has 1 aliphatic carbocycles. The normalized spacial score (nSPS) is 12.4. The predicted molar refractivity (Wildman–Crippen MR) is 392 cm³/mol. The van der Waals surface area contributed by atoms with Gasteiger partial charge < -0.3 is 4.57 Å². The van der Waals surface area contributed by atoms with Crippen LogP contribution in [0.4, 0.5) is 0 Å². The van der Waals surface area contributed by atoms with Crippen molar-refractivity contribution in [3.05, 3.63) is 320 Å². The Balaban J connectivity index is 0.000000138. The molecule has 0 aliphatic heterocycles. The van der Waals surface area contributed by atoms with E-state index < -0.39 is 0 Å². The van der Waals surface area contributed by atoms with E-state index in [0.717, 1.165) is 88.5 Å². The van der Waals surface area contributed by atoms with E-state index >= 15 is 0 Å². The molecular weight excluding hydrogens is 1140 g/mol. The molecule has 0 saturated heterocycles. The van der Waals surface area contributed by atoms with Crippen LogP contribution in [0.25, 0.3) is 170 Å². The first-order valence-electron chi connectivity index (χ1n) is 32.0. The summed E-state index contributed by atoms with van der Waals surface area (Å²) < 4.78 is 2.25. The Bertz CT molecular complexity index is 6360. The molecule has 3 heterocycles. The number of nitriles is 2. The largest absolute Gasteiger partial charge is 0.309 e. The van der Waals surface area contributed by atoms with E-state index in [1.807, 2.05) is 24.3 Å². The fourth-order valence-electron chi connectivity index (χ4n) is 15.4. The van der Waals surface area contributed by atoms with Crippen molar-refractivity contribution in [2.24, 2.45) is 0 Å². The van der Waals surface area contributed by atoms with Gasteiger partial charge >= 0.3 is 0 Å². The summed E-state index contributed by atoms with van der Waals surface area (Å²) in [7, 11) is 0. The van der Waals surface area contributed by atoms with E-state index in [-0.39, 0.29) is 5.41 Å². The van der Waals surface area contributed by atoms with Crippen molar-refractivity contribution in [3.8, 4) is 73.7 Å². The van der Waals surface area contributed by atoms with Crippen LogP contribution in [-0.4, -0.2) is 14.5 Å². The molecule has 0 atom stereocenters. The maximum Gasteiger partial charge on any atom is 0.0992 e. The zero-order chi connectivity index (χ0) is 62.8. The van der Waals surface area contributed by atoms with Crippen molar-refractivity contribution in [2.45, 2.75) is 19.3 Å². The molecule has 0 fully saturated rings. The first-order valence-corrected chi connectivity index (χ1v) is 32.0. The number of aromatic nitrogens is 3. The van der Waals surface area contributed by atoms with E-state index in [9.17, 15) is 10.5 Å². The molecule has 0 saturated carbocycles. The van der Waals surface area contributed by atoms with Crippen molar-refractivity contribution >= 4 is 108 Å². The van der Waals surface area contributed by atoms with E-state index in [0.29, 0.717) is 11.1 Å². The number of hydrogen-bond donors (Lipinski definition) is 0. The quantitative estimate of drug-likeness (QED) is 0.161. The van der Waals surface area contributed by atoms with Crippen LogP contribution in [0.15, 0.2) is 297 Å². The van der Waals surface area contributed by atoms with Gasteiger partial charge in [-0.15, -0.1) is 0 Å². The van der Waals surface area contributed by atoms with Gasteiger partial charge in [-0.2, -0.15) is 10.5 Å². The maximum atomic E-state index is 9.71. The van der Waals surface area contributed by atoms with Gasteiger partial charge in [-0.1, -0.05) is 244 Å². The van der Waals surface area contributed by atoms with Gasteiger partial charge in [0.25, 0.3) is 0 Å². The Morgan fingerprint density at radius 3 is 1.21 bits per heavy atom. The van der Waals surface area contributed by atoms with Gasteiger partial charge in [-0.05, 0) is 154 Å². The van der Waals surface area contributed by atoms with Crippen LogP contribution >= 0.6 is 0 Å². The third kappa shape index (κ3) is 8.39. The van der Waals surface area contributed by atoms with Crippen molar-refractivity contribution in [1.29, 1.82) is 10.5 Å². The van der Waals surface area contributed by atoms with Crippen LogP contribution in [-0.2, 0) is 5.41 Å². The molecule has 0 spiro atoms. The van der Waals surface area contributed by atoms with Crippen LogP contribution in [0, 0.1) is 22.7 Å². The summed E-state index contributed by atoms with van der Waals surface area (Å²) in [6, 6.07) is 110. The first-order chi connectivity index (χ1) is 46.3. The van der Waals surface area contributed by atoms with E-state index in [4.69, 9.17) is 9.97 Å². The second-order valence-electron chi connectivity index (χ2n) is 25.3. The molecular formula is C89H55N5. The standard InChI is InChI=1S/C46H27N3.C43H28N2/c47-28-29-21-23-36-41-27-31(22-24-42(41)49(43(36)25-29)33-13-2-1-3-14-33)30-11-10-12-32(26-30)45-40-20-9-7-18-38(40)44-37-17-6-4-15-34(37)35-16-5-8-19-39(35)46(44)48-45;1-43(2)38-22-26(25-44)18-20-32(38)33-21-19-28(24-39(33)43)27-10-9-11-29(23-27)41-37-17-8-6-15-35(37)40-34-14-5-3-12-30(34)31-13-4-7-16-36(31)42(40)45-41/h1-27H;3-24H,1-2H3. The lowest BCUT2D eigenvalue weighted by atomic mass is 9.81. The van der Waals surface area contributed by atoms with E-state index in [2.05, 4.69) is 304 Å². The van der Waals surface area contributed by atoms with Crippen LogP contribution in [0.3, 0.4) is 0 Å². The maximum absolute atomic E-state index is 9.71. The lowest BCUT2D eigenvalue weighted by Crippen LogP contribution is -2.15. The van der Waals surface area contributed by atoms with Gasteiger partial charge in [0.15, 0.2) is 0 Å². The van der Waals surface area contributed by atoms with Crippen molar-refractivity contribution in [1.82, 2.24) is 14.5 Å². The van der Waals surface area contributed by atoms with Gasteiger partial charge in [-0.3, -0.25) is 0 Å². The smallest absolute Gasteiger partial charge is 0.0992 e. The molecule has 436 valence electrons. The summed E-state index contributed by atoms with van der Waals surface area (Å²) in [6.45, 7) is 4.52. The highest BCUT2D eigenvalue weighted by atomic mass is 15.0. The Hall–Kier alpha value is -12.5. The summed E-state index contributed by atoms with van der Waals surface area (Å²) in [5.41, 5.74) is 20.2. The fraction of sp³-hybridized carbons (Fsp3) is 0.0337. The number of para-hydroxylation sites is 1. The zero-order valence-corrected chi connectivity index (χ0v) is 51.5. The van der Waals surface area contributed by atoms with Crippen LogP contribution < -0.4 is 0 Å². The minimum absolute atomic E-state index is 0.189. The zero-order valence-electron chi connectivity index (χ0n) is 51.5. The lowest BCUT2D eigenvalue weighted by molar-refractivity contribution is 0.660. The number of pyridine rings is 2. The molecule has 0 unspecified atom stereocenters. The Kier molecular flexibility index (Phi) is 12.3. The monoisotopic (exact) mass is 1190 g/mol. The Morgan fingerprint density at radius 2 is 0.681 bits per heavy atom. The first kappa shape index (κ1) is 54.4. The van der Waals surface area contributed by atoms with Gasteiger partial charge in [0, 0.05) is 65.3 Å². The molecule has 15 aromatic carbocycles. The Morgan fingerprint density at radius 1 is 0.287 bits per heavy atom. The number of fused-ring (bicyclic) bond motifs is 22. The van der Waals surface area contributed by atoms with Crippen molar-refractivity contribution in [2.75, 3.05) is 0 Å². The molecule has 19 rings (SSSR count). The van der Waals surface area contributed by atoms with Crippen molar-refractivity contribution in [3.63, 3.8) is 0 Å². The fourth-order valence-corrected chi connectivity index (χ4v) is 15.4. The number of rotatable bonds is 5. The number of benzene rings is 15. The molecule has 5 heteroatoms. The third-order valence-corrected chi connectivity index (χ3v) is 19.8. The molecule has 5 nitrogen and oxygen atoms in total. The van der Waals surface area contributed by atoms with Crippen molar-refractivity contribution < 1.29 is 0 Å². The highest BCUT2D eigenvalue weighted by Crippen LogP contribution is 2.51. The average molecular weight is 1190 g/mol. The van der Waals surface area contributed by atoms with Crippen LogP contribution in [0.2, 0.25) is 0 Å². The summed E-state index contributed by atoms with van der Waals surface area (Å²) in [5, 5.41) is 38.4. The van der Waals surface area contributed by atoms with Gasteiger partial charge in [-0.25, -0.2) is 9.97 Å². The van der Waals surface area contributed by atoms with Gasteiger partial charge in [0.05, 0.1) is 56.7 Å². The second-order valence-corrected chi connectivity index (χ2v) is 25.3. The molecule has 0 bridgehead atoms. The molecule has 1 aliphatic rings. The highest BCUT2D eigenvalue weighted by molar-refractivity contribution is 6.33. The molecule has 18 aromatic rings. The van der Waals surface area contributed by atoms with E-state index in [1.165, 1.54) is 92.5 Å². The lowest BCUT2D eigenvalue weighted by Gasteiger charge is -2.22. The molecule has 94 heavy (non-hydrogen) atoms. The minimum atomic E-state index is -0.189. The second kappa shape index (κ2) is 21.3. The number of hydrogen-bond acceptors (Lipinski definition) is 4. The topological polar surface area (TPSA) is 78.3 Å². The number of nitrogens with zero attached hydrogens (tertiary/aromatic N) is 5. The van der Waals surface area contributed by atoms with E-state index in [1.54, 1.807) is 0 Å². The molecule has 3 aromatic heterocycles. The highest BCUT2D eigenvalue weighted by Gasteiger charge is 2.36. The SMILES string of the molecule is CC1(C)c2cc(C#N)ccc2-c2ccc(-c3cccc(-c4nc5c6ccccc6c6ccccc6c5c5ccccc45)c3)cc21.N#Cc1ccc2c3cc(-c4cccc(-c5nc6c7ccccc7c7ccccc7c6c6ccccc56)c4)ccc3n(-c3ccccc3)c2c1. The predicted octanol–water partition coefficient (Wildman–Crippen LogP) is 23.2. The van der Waals surface area contributed by atoms with Gasteiger partial charge in [0.2, 0.25) is 0 Å². The minimum Gasteiger partial charge on any atom is -0.309 e. The van der Waals surface area contributed by atoms with Crippen LogP contribution in [0.5, 0.6) is 0 Å². The summed E-state index contributed by atoms with van der Waals surface area (Å²) in [4.78, 5) is 11.0. The van der Waals surface area contributed by atoms with Gasteiger partial charge in [0.1, 0.15) is 0 Å². The Labute approximate surface area is 542 Å². The molecule has 0 amide bonds. The summed E-state index contributed by atoms with van der Waals surface area (Å²) in [5.74, 6) is 0. The van der Waals surface area contributed by atoms with Crippen LogP contribution in [0.1, 0.15) is 36.1 Å². The third-order valence-electron chi connectivity index (χ3n) is 19.8. The molecule has 0 radical (unpaired) electrons.